The maximum atomic E-state index is 5.97. The first-order valence-corrected chi connectivity index (χ1v) is 11.5. The Balaban J connectivity index is 1.46. The standard InChI is InChI=1S/C27H28N4O3S/c1-18-26(29-27(35)28-24-14-13-22(32-3)16-25(24)33-4)19(2)31(30-18)17-20-9-8-12-23(15-20)34-21-10-6-5-7-11-21/h5-16H,17H2,1-4H3,(H2,28,29,35). The predicted octanol–water partition coefficient (Wildman–Crippen LogP) is 6.17. The molecule has 180 valence electrons. The quantitative estimate of drug-likeness (QED) is 0.288. The van der Waals surface area contributed by atoms with Gasteiger partial charge in [-0.15, -0.1) is 0 Å². The van der Waals surface area contributed by atoms with Gasteiger partial charge in [-0.3, -0.25) is 4.68 Å². The third kappa shape index (κ3) is 5.91. The van der Waals surface area contributed by atoms with Gasteiger partial charge in [-0.25, -0.2) is 0 Å². The molecule has 0 saturated carbocycles. The molecular formula is C27H28N4O3S. The summed E-state index contributed by atoms with van der Waals surface area (Å²) < 4.78 is 18.6. The summed E-state index contributed by atoms with van der Waals surface area (Å²) in [5.74, 6) is 2.93. The van der Waals surface area contributed by atoms with E-state index in [9.17, 15) is 0 Å². The lowest BCUT2D eigenvalue weighted by atomic mass is 10.2. The summed E-state index contributed by atoms with van der Waals surface area (Å²) in [7, 11) is 3.22. The summed E-state index contributed by atoms with van der Waals surface area (Å²) in [6.07, 6.45) is 0. The first-order valence-electron chi connectivity index (χ1n) is 11.1. The summed E-state index contributed by atoms with van der Waals surface area (Å²) in [5, 5.41) is 11.6. The molecule has 0 amide bonds. The molecule has 0 aliphatic carbocycles. The molecule has 1 heterocycles. The van der Waals surface area contributed by atoms with Crippen LogP contribution in [0.25, 0.3) is 0 Å². The van der Waals surface area contributed by atoms with Crippen molar-refractivity contribution in [3.05, 3.63) is 89.7 Å². The van der Waals surface area contributed by atoms with E-state index in [0.29, 0.717) is 23.2 Å². The Bertz CT molecular complexity index is 1320. The third-order valence-corrected chi connectivity index (χ3v) is 5.69. The van der Waals surface area contributed by atoms with Gasteiger partial charge in [-0.05, 0) is 68.0 Å². The number of hydrogen-bond donors (Lipinski definition) is 2. The molecule has 0 aliphatic heterocycles. The molecule has 3 aromatic carbocycles. The number of aromatic nitrogens is 2. The zero-order chi connectivity index (χ0) is 24.8. The van der Waals surface area contributed by atoms with Crippen LogP contribution in [0, 0.1) is 13.8 Å². The second-order valence-corrected chi connectivity index (χ2v) is 8.32. The zero-order valence-corrected chi connectivity index (χ0v) is 21.0. The summed E-state index contributed by atoms with van der Waals surface area (Å²) in [6, 6.07) is 23.3. The van der Waals surface area contributed by atoms with Crippen LogP contribution in [0.3, 0.4) is 0 Å². The van der Waals surface area contributed by atoms with Gasteiger partial charge >= 0.3 is 0 Å². The monoisotopic (exact) mass is 488 g/mol. The van der Waals surface area contributed by atoms with E-state index in [2.05, 4.69) is 16.7 Å². The highest BCUT2D eigenvalue weighted by molar-refractivity contribution is 7.80. The van der Waals surface area contributed by atoms with Crippen LogP contribution in [0.1, 0.15) is 17.0 Å². The smallest absolute Gasteiger partial charge is 0.175 e. The first kappa shape index (κ1) is 24.1. The average Bonchev–Trinajstić information content (AvgIpc) is 3.12. The fourth-order valence-electron chi connectivity index (χ4n) is 3.71. The first-order chi connectivity index (χ1) is 17.0. The summed E-state index contributed by atoms with van der Waals surface area (Å²) >= 11 is 5.56. The van der Waals surface area contributed by atoms with E-state index in [1.165, 1.54) is 0 Å². The molecule has 35 heavy (non-hydrogen) atoms. The van der Waals surface area contributed by atoms with Crippen LogP contribution < -0.4 is 24.8 Å². The van der Waals surface area contributed by atoms with E-state index in [1.54, 1.807) is 20.3 Å². The number of nitrogens with zero attached hydrogens (tertiary/aromatic N) is 2. The lowest BCUT2D eigenvalue weighted by molar-refractivity contribution is 0.395. The largest absolute Gasteiger partial charge is 0.497 e. The highest BCUT2D eigenvalue weighted by Crippen LogP contribution is 2.30. The van der Waals surface area contributed by atoms with Crippen LogP contribution in [-0.4, -0.2) is 29.1 Å². The number of nitrogens with one attached hydrogen (secondary N) is 2. The highest BCUT2D eigenvalue weighted by Gasteiger charge is 2.15. The predicted molar refractivity (Wildman–Crippen MR) is 143 cm³/mol. The van der Waals surface area contributed by atoms with Crippen molar-refractivity contribution in [3.63, 3.8) is 0 Å². The normalized spacial score (nSPS) is 10.5. The van der Waals surface area contributed by atoms with Crippen molar-refractivity contribution in [2.75, 3.05) is 24.9 Å². The Labute approximate surface area is 210 Å². The Morgan fingerprint density at radius 3 is 2.37 bits per heavy atom. The van der Waals surface area contributed by atoms with Gasteiger partial charge in [-0.1, -0.05) is 30.3 Å². The molecule has 0 radical (unpaired) electrons. The fraction of sp³-hybridized carbons (Fsp3) is 0.185. The Morgan fingerprint density at radius 2 is 1.63 bits per heavy atom. The van der Waals surface area contributed by atoms with Crippen molar-refractivity contribution >= 4 is 28.7 Å². The molecule has 7 nitrogen and oxygen atoms in total. The van der Waals surface area contributed by atoms with E-state index >= 15 is 0 Å². The highest BCUT2D eigenvalue weighted by atomic mass is 32.1. The van der Waals surface area contributed by atoms with E-state index in [-0.39, 0.29) is 0 Å². The van der Waals surface area contributed by atoms with Gasteiger partial charge in [0, 0.05) is 6.07 Å². The van der Waals surface area contributed by atoms with Crippen molar-refractivity contribution in [3.8, 4) is 23.0 Å². The van der Waals surface area contributed by atoms with Crippen LogP contribution in [-0.2, 0) is 6.54 Å². The van der Waals surface area contributed by atoms with Crippen molar-refractivity contribution < 1.29 is 14.2 Å². The van der Waals surface area contributed by atoms with E-state index in [4.69, 9.17) is 31.5 Å². The van der Waals surface area contributed by atoms with Gasteiger partial charge in [0.05, 0.1) is 43.5 Å². The molecule has 0 spiro atoms. The Morgan fingerprint density at radius 1 is 0.857 bits per heavy atom. The van der Waals surface area contributed by atoms with E-state index in [0.717, 1.165) is 39.8 Å². The summed E-state index contributed by atoms with van der Waals surface area (Å²) in [4.78, 5) is 0. The number of aryl methyl sites for hydroxylation is 1. The Kier molecular flexibility index (Phi) is 7.52. The topological polar surface area (TPSA) is 69.6 Å². The number of benzene rings is 3. The molecule has 4 rings (SSSR count). The molecule has 2 N–H and O–H groups in total. The van der Waals surface area contributed by atoms with Crippen LogP contribution in [0.4, 0.5) is 11.4 Å². The number of ether oxygens (including phenoxy) is 3. The maximum Gasteiger partial charge on any atom is 0.175 e. The molecule has 0 bridgehead atoms. The lowest BCUT2D eigenvalue weighted by Gasteiger charge is -2.14. The Hall–Kier alpha value is -4.04. The van der Waals surface area contributed by atoms with Gasteiger partial charge in [0.25, 0.3) is 0 Å². The minimum Gasteiger partial charge on any atom is -0.497 e. The summed E-state index contributed by atoms with van der Waals surface area (Å²) in [6.45, 7) is 4.58. The molecular weight excluding hydrogens is 460 g/mol. The van der Waals surface area contributed by atoms with Gasteiger partial charge in [-0.2, -0.15) is 5.10 Å². The molecule has 0 fully saturated rings. The van der Waals surface area contributed by atoms with Gasteiger partial charge in [0.15, 0.2) is 5.11 Å². The number of para-hydroxylation sites is 1. The van der Waals surface area contributed by atoms with Crippen LogP contribution in [0.5, 0.6) is 23.0 Å². The SMILES string of the molecule is COc1ccc(NC(=S)Nc2c(C)nn(Cc3cccc(Oc4ccccc4)c3)c2C)c(OC)c1. The lowest BCUT2D eigenvalue weighted by Crippen LogP contribution is -2.20. The van der Waals surface area contributed by atoms with Gasteiger partial charge < -0.3 is 24.8 Å². The van der Waals surface area contributed by atoms with Gasteiger partial charge in [0.2, 0.25) is 0 Å². The number of hydrogen-bond acceptors (Lipinski definition) is 5. The molecule has 0 saturated heterocycles. The molecule has 0 atom stereocenters. The number of rotatable bonds is 8. The van der Waals surface area contributed by atoms with Crippen LogP contribution in [0.2, 0.25) is 0 Å². The minimum atomic E-state index is 0.442. The second-order valence-electron chi connectivity index (χ2n) is 7.91. The molecule has 0 unspecified atom stereocenters. The van der Waals surface area contributed by atoms with Crippen molar-refractivity contribution in [1.82, 2.24) is 9.78 Å². The van der Waals surface area contributed by atoms with Crippen LogP contribution >= 0.6 is 12.2 Å². The number of anilines is 2. The number of thiocarbonyl (C=S) groups is 1. The average molecular weight is 489 g/mol. The number of methoxy groups -OCH3 is 2. The third-order valence-electron chi connectivity index (χ3n) is 5.49. The van der Waals surface area contributed by atoms with Gasteiger partial charge in [0.1, 0.15) is 23.0 Å². The molecule has 4 aromatic rings. The minimum absolute atomic E-state index is 0.442. The van der Waals surface area contributed by atoms with Crippen molar-refractivity contribution in [1.29, 1.82) is 0 Å². The van der Waals surface area contributed by atoms with Crippen molar-refractivity contribution in [2.24, 2.45) is 0 Å². The molecule has 0 aliphatic rings. The summed E-state index contributed by atoms with van der Waals surface area (Å²) in [5.41, 5.74) is 4.52. The zero-order valence-electron chi connectivity index (χ0n) is 20.2. The molecule has 1 aromatic heterocycles. The second kappa shape index (κ2) is 10.9. The maximum absolute atomic E-state index is 5.97. The van der Waals surface area contributed by atoms with Crippen molar-refractivity contribution in [2.45, 2.75) is 20.4 Å². The fourth-order valence-corrected chi connectivity index (χ4v) is 3.92. The van der Waals surface area contributed by atoms with E-state index < -0.39 is 0 Å². The van der Waals surface area contributed by atoms with E-state index in [1.807, 2.05) is 79.2 Å². The molecule has 8 heteroatoms. The van der Waals surface area contributed by atoms with Crippen LogP contribution in [0.15, 0.2) is 72.8 Å².